The molecule has 0 amide bonds. The fraction of sp³-hybridized carbons (Fsp3) is 0.261. The highest BCUT2D eigenvalue weighted by atomic mass is 16.5. The van der Waals surface area contributed by atoms with Crippen LogP contribution in [0.15, 0.2) is 71.0 Å². The van der Waals surface area contributed by atoms with Gasteiger partial charge in [-0.05, 0) is 55.8 Å². The third-order valence-corrected chi connectivity index (χ3v) is 4.90. The number of rotatable bonds is 9. The van der Waals surface area contributed by atoms with E-state index in [9.17, 15) is 4.79 Å². The van der Waals surface area contributed by atoms with Crippen LogP contribution >= 0.6 is 0 Å². The number of ether oxygens (including phenoxy) is 1. The number of para-hydroxylation sites is 1. The van der Waals surface area contributed by atoms with Crippen molar-refractivity contribution in [2.75, 3.05) is 20.1 Å². The summed E-state index contributed by atoms with van der Waals surface area (Å²) < 4.78 is 5.81. The third-order valence-electron chi connectivity index (χ3n) is 4.90. The van der Waals surface area contributed by atoms with Gasteiger partial charge >= 0.3 is 0 Å². The van der Waals surface area contributed by atoms with Crippen LogP contribution in [0, 0.1) is 5.41 Å². The third kappa shape index (κ3) is 5.93. The molecule has 1 atom stereocenters. The van der Waals surface area contributed by atoms with Gasteiger partial charge in [-0.15, -0.1) is 0 Å². The summed E-state index contributed by atoms with van der Waals surface area (Å²) in [7, 11) is 1.61. The number of hydrogen-bond donors (Lipinski definition) is 5. The van der Waals surface area contributed by atoms with Crippen LogP contribution < -0.4 is 26.5 Å². The van der Waals surface area contributed by atoms with Crippen LogP contribution in [0.5, 0.6) is 11.5 Å². The van der Waals surface area contributed by atoms with E-state index in [4.69, 9.17) is 15.9 Å². The molecule has 1 aliphatic rings. The van der Waals surface area contributed by atoms with E-state index < -0.39 is 0 Å². The largest absolute Gasteiger partial charge is 0.457 e. The van der Waals surface area contributed by atoms with E-state index in [-0.39, 0.29) is 28.9 Å². The Balaban J connectivity index is 1.86. The summed E-state index contributed by atoms with van der Waals surface area (Å²) in [5.41, 5.74) is 9.95. The van der Waals surface area contributed by atoms with Gasteiger partial charge in [0.2, 0.25) is 0 Å². The topological polar surface area (TPSA) is 125 Å². The van der Waals surface area contributed by atoms with Crippen molar-refractivity contribution in [3.63, 3.8) is 0 Å². The van der Waals surface area contributed by atoms with Crippen molar-refractivity contribution < 1.29 is 9.53 Å². The maximum Gasteiger partial charge on any atom is 0.166 e. The Bertz CT molecular complexity index is 948. The first-order valence-electron chi connectivity index (χ1n) is 10.2. The lowest BCUT2D eigenvalue weighted by Gasteiger charge is -2.26. The standard InChI is InChI=1S/C23H28N6O2/c1-26-29-23(25)21(20(15-30)28-17-6-5-13-27-14-17)22(24)16-9-11-19(12-10-16)31-18-7-3-2-4-8-18/h2-4,7-12,15,17,24,26-28H,5-6,13-14H2,1H3,(H2,25,29)/b21-20+,24-22?. The van der Waals surface area contributed by atoms with Crippen molar-refractivity contribution >= 4 is 17.8 Å². The number of allylic oxidation sites excluding steroid dienone is 1. The van der Waals surface area contributed by atoms with E-state index in [2.05, 4.69) is 21.2 Å². The van der Waals surface area contributed by atoms with E-state index in [1.165, 1.54) is 0 Å². The number of nitrogens with two attached hydrogens (primary N) is 1. The number of hydrogen-bond acceptors (Lipinski definition) is 7. The summed E-state index contributed by atoms with van der Waals surface area (Å²) in [6.07, 6.45) is 2.64. The minimum absolute atomic E-state index is 0.0653. The summed E-state index contributed by atoms with van der Waals surface area (Å²) in [4.78, 5) is 11.9. The number of carbonyl (C=O) groups is 1. The first-order valence-corrected chi connectivity index (χ1v) is 10.2. The van der Waals surface area contributed by atoms with Crippen LogP contribution in [0.2, 0.25) is 0 Å². The fourth-order valence-electron chi connectivity index (χ4n) is 3.40. The number of carbonyl (C=O) groups excluding carboxylic acids is 1. The van der Waals surface area contributed by atoms with Gasteiger partial charge in [-0.2, -0.15) is 5.10 Å². The fourth-order valence-corrected chi connectivity index (χ4v) is 3.40. The first kappa shape index (κ1) is 22.0. The van der Waals surface area contributed by atoms with Crippen molar-refractivity contribution in [1.29, 1.82) is 5.41 Å². The van der Waals surface area contributed by atoms with Crippen LogP contribution in [0.1, 0.15) is 18.4 Å². The lowest BCUT2D eigenvalue weighted by molar-refractivity contribution is -0.105. The number of hydrazone groups is 1. The number of nitrogens with one attached hydrogen (secondary N) is 4. The molecule has 1 fully saturated rings. The van der Waals surface area contributed by atoms with E-state index in [1.54, 1.807) is 31.3 Å². The smallest absolute Gasteiger partial charge is 0.166 e. The normalized spacial score (nSPS) is 17.3. The molecule has 31 heavy (non-hydrogen) atoms. The highest BCUT2D eigenvalue weighted by molar-refractivity contribution is 6.30. The molecule has 1 saturated heterocycles. The molecule has 1 aliphatic heterocycles. The second-order valence-corrected chi connectivity index (χ2v) is 7.13. The summed E-state index contributed by atoms with van der Waals surface area (Å²) in [6.45, 7) is 1.70. The van der Waals surface area contributed by atoms with Crippen molar-refractivity contribution in [3.05, 3.63) is 71.4 Å². The second kappa shape index (κ2) is 10.9. The van der Waals surface area contributed by atoms with Crippen LogP contribution in [-0.4, -0.2) is 44.0 Å². The number of aldehydes is 1. The Morgan fingerprint density at radius 2 is 1.90 bits per heavy atom. The average molecular weight is 421 g/mol. The van der Waals surface area contributed by atoms with Gasteiger partial charge in [-0.3, -0.25) is 10.2 Å². The van der Waals surface area contributed by atoms with E-state index in [0.29, 0.717) is 17.6 Å². The van der Waals surface area contributed by atoms with Gasteiger partial charge in [0, 0.05) is 25.2 Å². The van der Waals surface area contributed by atoms with Gasteiger partial charge in [0.25, 0.3) is 0 Å². The zero-order chi connectivity index (χ0) is 22.1. The molecule has 162 valence electrons. The maximum absolute atomic E-state index is 11.9. The number of nitrogens with zero attached hydrogens (tertiary/aromatic N) is 1. The molecule has 0 bridgehead atoms. The van der Waals surface area contributed by atoms with Crippen molar-refractivity contribution in [3.8, 4) is 11.5 Å². The monoisotopic (exact) mass is 420 g/mol. The zero-order valence-corrected chi connectivity index (χ0v) is 17.5. The number of piperidine rings is 1. The van der Waals surface area contributed by atoms with Crippen molar-refractivity contribution in [2.45, 2.75) is 18.9 Å². The lowest BCUT2D eigenvalue weighted by atomic mass is 9.98. The summed E-state index contributed by atoms with van der Waals surface area (Å²) in [6, 6.07) is 16.6. The molecule has 0 radical (unpaired) electrons. The molecule has 1 unspecified atom stereocenters. The number of amidine groups is 1. The van der Waals surface area contributed by atoms with Gasteiger partial charge in [-0.25, -0.2) is 0 Å². The zero-order valence-electron chi connectivity index (χ0n) is 17.5. The quantitative estimate of drug-likeness (QED) is 0.139. The molecule has 0 spiro atoms. The molecule has 0 aromatic heterocycles. The van der Waals surface area contributed by atoms with Gasteiger partial charge in [-0.1, -0.05) is 18.2 Å². The molecule has 2 aromatic carbocycles. The average Bonchev–Trinajstić information content (AvgIpc) is 2.80. The molecule has 2 aromatic rings. The Morgan fingerprint density at radius 3 is 2.52 bits per heavy atom. The molecule has 6 N–H and O–H groups in total. The lowest BCUT2D eigenvalue weighted by Crippen LogP contribution is -2.44. The van der Waals surface area contributed by atoms with Gasteiger partial charge in [0.15, 0.2) is 12.1 Å². The van der Waals surface area contributed by atoms with E-state index >= 15 is 0 Å². The molecule has 0 saturated carbocycles. The van der Waals surface area contributed by atoms with Gasteiger partial charge in [0.05, 0.1) is 17.0 Å². The Morgan fingerprint density at radius 1 is 1.19 bits per heavy atom. The summed E-state index contributed by atoms with van der Waals surface area (Å²) >= 11 is 0. The molecular formula is C23H28N6O2. The van der Waals surface area contributed by atoms with Crippen LogP contribution in [-0.2, 0) is 4.79 Å². The van der Waals surface area contributed by atoms with Gasteiger partial charge < -0.3 is 26.5 Å². The maximum atomic E-state index is 11.9. The minimum Gasteiger partial charge on any atom is -0.457 e. The molecular weight excluding hydrogens is 392 g/mol. The predicted octanol–water partition coefficient (Wildman–Crippen LogP) is 2.13. The summed E-state index contributed by atoms with van der Waals surface area (Å²) in [5.74, 6) is 1.44. The molecule has 8 nitrogen and oxygen atoms in total. The van der Waals surface area contributed by atoms with E-state index in [1.807, 2.05) is 30.3 Å². The Kier molecular flexibility index (Phi) is 7.78. The first-order chi connectivity index (χ1) is 15.1. The molecule has 8 heteroatoms. The highest BCUT2D eigenvalue weighted by Gasteiger charge is 2.21. The predicted molar refractivity (Wildman–Crippen MR) is 123 cm³/mol. The van der Waals surface area contributed by atoms with Crippen LogP contribution in [0.4, 0.5) is 0 Å². The molecule has 1 heterocycles. The number of benzene rings is 2. The van der Waals surface area contributed by atoms with Crippen LogP contribution in [0.3, 0.4) is 0 Å². The minimum atomic E-state index is 0.0653. The van der Waals surface area contributed by atoms with Gasteiger partial charge in [0.1, 0.15) is 11.5 Å². The van der Waals surface area contributed by atoms with Crippen molar-refractivity contribution in [1.82, 2.24) is 16.1 Å². The Labute approximate surface area is 182 Å². The highest BCUT2D eigenvalue weighted by Crippen LogP contribution is 2.22. The van der Waals surface area contributed by atoms with Crippen molar-refractivity contribution in [2.24, 2.45) is 10.8 Å². The SMILES string of the molecule is CN/N=C(N)\C(C(=N)c1ccc(Oc2ccccc2)cc1)=C(/C=O)NC1CCCNC1. The van der Waals surface area contributed by atoms with E-state index in [0.717, 1.165) is 31.7 Å². The summed E-state index contributed by atoms with van der Waals surface area (Å²) in [5, 5.41) is 19.3. The molecule has 0 aliphatic carbocycles. The second-order valence-electron chi connectivity index (χ2n) is 7.13. The van der Waals surface area contributed by atoms with Crippen LogP contribution in [0.25, 0.3) is 0 Å². The molecule has 3 rings (SSSR count). The Hall–Kier alpha value is -3.65.